The van der Waals surface area contributed by atoms with Crippen LogP contribution in [0.25, 0.3) is 0 Å². The van der Waals surface area contributed by atoms with Crippen LogP contribution in [0.3, 0.4) is 0 Å². The quantitative estimate of drug-likeness (QED) is 0.608. The second kappa shape index (κ2) is 7.54. The highest BCUT2D eigenvalue weighted by Crippen LogP contribution is 2.67. The van der Waals surface area contributed by atoms with Crippen LogP contribution in [0.15, 0.2) is 36.0 Å². The molecule has 5 aliphatic rings. The number of carboxylic acids is 1. The van der Waals surface area contributed by atoms with Crippen LogP contribution in [-0.4, -0.2) is 40.8 Å². The van der Waals surface area contributed by atoms with E-state index in [0.717, 1.165) is 38.5 Å². The number of hydrogen-bond acceptors (Lipinski definition) is 4. The minimum atomic E-state index is -1.03. The average Bonchev–Trinajstić information content (AvgIpc) is 3.30. The largest absolute Gasteiger partial charge is 0.481 e. The summed E-state index contributed by atoms with van der Waals surface area (Å²) in [5.74, 6) is 0.0712. The van der Waals surface area contributed by atoms with Gasteiger partial charge in [0.05, 0.1) is 24.7 Å². The molecule has 176 valence electrons. The molecule has 0 amide bonds. The maximum absolute atomic E-state index is 11.9. The Morgan fingerprint density at radius 2 is 1.97 bits per heavy atom. The third kappa shape index (κ3) is 3.11. The predicted molar refractivity (Wildman–Crippen MR) is 122 cm³/mol. The number of allylic oxidation sites excluding steroid dienone is 2. The number of aliphatic hydroxyl groups is 1. The summed E-state index contributed by atoms with van der Waals surface area (Å²) in [7, 11) is 0. The summed E-state index contributed by atoms with van der Waals surface area (Å²) in [4.78, 5) is 11.4. The molecule has 5 heteroatoms. The number of aliphatic carboxylic acids is 1. The van der Waals surface area contributed by atoms with E-state index in [1.54, 1.807) is 6.92 Å². The molecule has 1 aliphatic heterocycles. The zero-order valence-corrected chi connectivity index (χ0v) is 19.6. The summed E-state index contributed by atoms with van der Waals surface area (Å²) in [6, 6.07) is 0. The second-order valence-electron chi connectivity index (χ2n) is 11.4. The van der Waals surface area contributed by atoms with Crippen LogP contribution in [0.1, 0.15) is 65.2 Å². The van der Waals surface area contributed by atoms with Crippen molar-refractivity contribution in [1.82, 2.24) is 0 Å². The molecule has 1 saturated heterocycles. The maximum Gasteiger partial charge on any atom is 0.306 e. The molecule has 3 saturated carbocycles. The van der Waals surface area contributed by atoms with Gasteiger partial charge >= 0.3 is 5.97 Å². The second-order valence-corrected chi connectivity index (χ2v) is 11.4. The topological polar surface area (TPSA) is 76.0 Å². The first-order valence-corrected chi connectivity index (χ1v) is 12.4. The number of fused-ring (bicyclic) bond motifs is 5. The summed E-state index contributed by atoms with van der Waals surface area (Å²) in [5.41, 5.74) is 2.07. The average molecular weight is 443 g/mol. The molecule has 0 aromatic carbocycles. The highest BCUT2D eigenvalue weighted by molar-refractivity contribution is 5.70. The molecule has 1 spiro atoms. The third-order valence-corrected chi connectivity index (χ3v) is 9.87. The van der Waals surface area contributed by atoms with Crippen molar-refractivity contribution in [3.8, 4) is 0 Å². The Kier molecular flexibility index (Phi) is 5.27. The third-order valence-electron chi connectivity index (χ3n) is 9.87. The molecule has 4 fully saturated rings. The molecule has 5 rings (SSSR count). The van der Waals surface area contributed by atoms with Gasteiger partial charge in [-0.1, -0.05) is 44.2 Å². The number of hydrogen-bond donors (Lipinski definition) is 2. The van der Waals surface area contributed by atoms with Crippen molar-refractivity contribution >= 4 is 5.97 Å². The SMILES string of the molecule is C=C1C[C@@]2(C)[C@@H](CC[C@@]2(O)C(=C)C[C@H](C)C(=O)O)[C@@H]2CC=C3CC4(CC[C@@H]3[C@@H]12)OCCO4. The molecule has 0 bridgehead atoms. The fraction of sp³-hybridized carbons (Fsp3) is 0.741. The summed E-state index contributed by atoms with van der Waals surface area (Å²) in [5, 5.41) is 21.3. The zero-order valence-electron chi connectivity index (χ0n) is 19.6. The number of carbonyl (C=O) groups is 1. The fourth-order valence-corrected chi connectivity index (χ4v) is 8.24. The molecule has 4 aliphatic carbocycles. The number of ether oxygens (including phenoxy) is 2. The molecule has 0 unspecified atom stereocenters. The smallest absolute Gasteiger partial charge is 0.306 e. The van der Waals surface area contributed by atoms with Crippen molar-refractivity contribution in [2.24, 2.45) is 35.0 Å². The lowest BCUT2D eigenvalue weighted by molar-refractivity contribution is -0.175. The highest BCUT2D eigenvalue weighted by Gasteiger charge is 2.64. The van der Waals surface area contributed by atoms with E-state index in [-0.39, 0.29) is 5.41 Å². The fourth-order valence-electron chi connectivity index (χ4n) is 8.24. The lowest BCUT2D eigenvalue weighted by Crippen LogP contribution is -2.54. The van der Waals surface area contributed by atoms with Gasteiger partial charge in [0.2, 0.25) is 0 Å². The lowest BCUT2D eigenvalue weighted by atomic mass is 9.49. The van der Waals surface area contributed by atoms with Crippen LogP contribution in [0.2, 0.25) is 0 Å². The van der Waals surface area contributed by atoms with Crippen molar-refractivity contribution < 1.29 is 24.5 Å². The highest BCUT2D eigenvalue weighted by atomic mass is 16.7. The zero-order chi connectivity index (χ0) is 22.9. The van der Waals surface area contributed by atoms with E-state index in [0.29, 0.717) is 55.3 Å². The first-order chi connectivity index (χ1) is 15.1. The Hall–Kier alpha value is -1.43. The Labute approximate surface area is 191 Å². The van der Waals surface area contributed by atoms with Crippen LogP contribution in [0.5, 0.6) is 0 Å². The molecule has 0 radical (unpaired) electrons. The van der Waals surface area contributed by atoms with Gasteiger partial charge in [-0.25, -0.2) is 0 Å². The molecule has 0 aromatic rings. The normalized spacial score (nSPS) is 43.2. The molecule has 1 heterocycles. The molecule has 5 nitrogen and oxygen atoms in total. The molecular formula is C27H38O5. The molecule has 32 heavy (non-hydrogen) atoms. The Morgan fingerprint density at radius 1 is 1.25 bits per heavy atom. The summed E-state index contributed by atoms with van der Waals surface area (Å²) >= 11 is 0. The van der Waals surface area contributed by atoms with E-state index in [1.165, 1.54) is 11.1 Å². The van der Waals surface area contributed by atoms with Gasteiger partial charge in [0.25, 0.3) is 0 Å². The minimum absolute atomic E-state index is 0.323. The van der Waals surface area contributed by atoms with Crippen molar-refractivity contribution in [3.05, 3.63) is 36.0 Å². The number of carboxylic acid groups (broad SMARTS) is 1. The van der Waals surface area contributed by atoms with Gasteiger partial charge in [-0.05, 0) is 67.8 Å². The molecule has 7 atom stereocenters. The van der Waals surface area contributed by atoms with Gasteiger partial charge in [0.15, 0.2) is 5.79 Å². The van der Waals surface area contributed by atoms with Gasteiger partial charge in [0, 0.05) is 18.3 Å². The van der Waals surface area contributed by atoms with E-state index in [4.69, 9.17) is 9.47 Å². The first kappa shape index (κ1) is 22.4. The van der Waals surface area contributed by atoms with Crippen LogP contribution in [-0.2, 0) is 14.3 Å². The monoisotopic (exact) mass is 442 g/mol. The predicted octanol–water partition coefficient (Wildman–Crippen LogP) is 4.87. The van der Waals surface area contributed by atoms with Crippen LogP contribution in [0.4, 0.5) is 0 Å². The van der Waals surface area contributed by atoms with Crippen molar-refractivity contribution in [3.63, 3.8) is 0 Å². The Bertz CT molecular complexity index is 867. The van der Waals surface area contributed by atoms with Gasteiger partial charge in [-0.3, -0.25) is 4.79 Å². The Morgan fingerprint density at radius 3 is 2.66 bits per heavy atom. The number of rotatable bonds is 4. The van der Waals surface area contributed by atoms with Crippen LogP contribution >= 0.6 is 0 Å². The van der Waals surface area contributed by atoms with Crippen molar-refractivity contribution in [2.45, 2.75) is 76.6 Å². The van der Waals surface area contributed by atoms with Crippen molar-refractivity contribution in [1.29, 1.82) is 0 Å². The van der Waals surface area contributed by atoms with E-state index < -0.39 is 23.3 Å². The summed E-state index contributed by atoms with van der Waals surface area (Å²) in [6.45, 7) is 14.1. The Balaban J connectivity index is 1.40. The minimum Gasteiger partial charge on any atom is -0.481 e. The van der Waals surface area contributed by atoms with E-state index in [1.807, 2.05) is 0 Å². The molecular weight excluding hydrogens is 404 g/mol. The van der Waals surface area contributed by atoms with Gasteiger partial charge in [-0.2, -0.15) is 0 Å². The molecule has 2 N–H and O–H groups in total. The standard InChI is InChI=1S/C27H38O5/c1-16(24(28)29)13-18(3)27(30)10-8-22-21-6-5-19-15-26(31-11-12-32-26)9-7-20(19)23(21)17(2)14-25(22,27)4/h5,16,20-23,30H,2-3,6-15H2,1,4H3,(H,28,29)/t16-,20-,21-,22-,23+,25-,27+/m0/s1. The maximum atomic E-state index is 11.9. The van der Waals surface area contributed by atoms with Crippen molar-refractivity contribution in [2.75, 3.05) is 13.2 Å². The van der Waals surface area contributed by atoms with E-state index in [2.05, 4.69) is 26.2 Å². The lowest BCUT2D eigenvalue weighted by Gasteiger charge is -2.57. The molecule has 0 aromatic heterocycles. The summed E-state index contributed by atoms with van der Waals surface area (Å²) < 4.78 is 12.0. The van der Waals surface area contributed by atoms with Gasteiger partial charge < -0.3 is 19.7 Å². The van der Waals surface area contributed by atoms with Crippen LogP contribution in [0, 0.1) is 35.0 Å². The van der Waals surface area contributed by atoms with Gasteiger partial charge in [-0.15, -0.1) is 0 Å². The van der Waals surface area contributed by atoms with Crippen LogP contribution < -0.4 is 0 Å². The van der Waals surface area contributed by atoms with E-state index in [9.17, 15) is 15.0 Å². The van der Waals surface area contributed by atoms with E-state index >= 15 is 0 Å². The summed E-state index contributed by atoms with van der Waals surface area (Å²) in [6.07, 6.45) is 9.10. The van der Waals surface area contributed by atoms with Gasteiger partial charge in [0.1, 0.15) is 0 Å². The first-order valence-electron chi connectivity index (χ1n) is 12.4.